The van der Waals surface area contributed by atoms with Gasteiger partial charge in [0.1, 0.15) is 11.6 Å². The molecule has 1 heterocycles. The molecule has 1 unspecified atom stereocenters. The molecule has 4 nitrogen and oxygen atoms in total. The van der Waals surface area contributed by atoms with Gasteiger partial charge in [-0.2, -0.15) is 4.98 Å². The number of ether oxygens (including phenoxy) is 1. The van der Waals surface area contributed by atoms with Gasteiger partial charge in [-0.3, -0.25) is 0 Å². The summed E-state index contributed by atoms with van der Waals surface area (Å²) in [5.74, 6) is 1.74. The van der Waals surface area contributed by atoms with E-state index in [1.807, 2.05) is 13.8 Å². The topological polar surface area (TPSA) is 61.0 Å². The number of hydrogen-bond donors (Lipinski definition) is 1. The Morgan fingerprint density at radius 3 is 2.57 bits per heavy atom. The Balaban J connectivity index is 2.96. The minimum Gasteiger partial charge on any atom is -0.474 e. The zero-order valence-electron chi connectivity index (χ0n) is 9.16. The Kier molecular flexibility index (Phi) is 3.28. The zero-order chi connectivity index (χ0) is 10.7. The molecular weight excluding hydrogens is 178 g/mol. The molecular formula is C10H17N3O. The summed E-state index contributed by atoms with van der Waals surface area (Å²) in [6.07, 6.45) is 1.10. The molecule has 0 bridgehead atoms. The number of nitrogens with zero attached hydrogens (tertiary/aromatic N) is 2. The second-order valence-corrected chi connectivity index (χ2v) is 3.42. The summed E-state index contributed by atoms with van der Waals surface area (Å²) in [5.41, 5.74) is 6.52. The van der Waals surface area contributed by atoms with E-state index >= 15 is 0 Å². The first kappa shape index (κ1) is 10.8. The van der Waals surface area contributed by atoms with Crippen molar-refractivity contribution in [3.05, 3.63) is 11.4 Å². The molecule has 0 saturated heterocycles. The average molecular weight is 195 g/mol. The van der Waals surface area contributed by atoms with Gasteiger partial charge in [0.15, 0.2) is 0 Å². The fourth-order valence-corrected chi connectivity index (χ4v) is 1.01. The van der Waals surface area contributed by atoms with Gasteiger partial charge in [0.05, 0.1) is 11.7 Å². The van der Waals surface area contributed by atoms with Crippen LogP contribution in [0.25, 0.3) is 0 Å². The van der Waals surface area contributed by atoms with Gasteiger partial charge in [-0.15, -0.1) is 0 Å². The first-order valence-electron chi connectivity index (χ1n) is 4.82. The van der Waals surface area contributed by atoms with E-state index in [1.54, 1.807) is 6.92 Å². The molecule has 0 aliphatic rings. The minimum atomic E-state index is 0.155. The third-order valence-corrected chi connectivity index (χ3v) is 2.14. The van der Waals surface area contributed by atoms with E-state index in [2.05, 4.69) is 16.9 Å². The van der Waals surface area contributed by atoms with E-state index in [-0.39, 0.29) is 6.10 Å². The van der Waals surface area contributed by atoms with Crippen LogP contribution >= 0.6 is 0 Å². The van der Waals surface area contributed by atoms with Crippen LogP contribution in [0.15, 0.2) is 0 Å². The molecule has 0 aromatic carbocycles. The van der Waals surface area contributed by atoms with E-state index in [0.29, 0.717) is 17.5 Å². The fourth-order valence-electron chi connectivity index (χ4n) is 1.01. The van der Waals surface area contributed by atoms with Crippen molar-refractivity contribution in [1.82, 2.24) is 9.97 Å². The highest BCUT2D eigenvalue weighted by Gasteiger charge is 2.10. The van der Waals surface area contributed by atoms with Gasteiger partial charge >= 0.3 is 0 Å². The van der Waals surface area contributed by atoms with Crippen LogP contribution in [0.5, 0.6) is 5.88 Å². The number of anilines is 1. The molecule has 1 aromatic heterocycles. The van der Waals surface area contributed by atoms with Crippen molar-refractivity contribution in [2.75, 3.05) is 5.73 Å². The van der Waals surface area contributed by atoms with Crippen molar-refractivity contribution in [3.8, 4) is 5.88 Å². The Hall–Kier alpha value is -1.32. The maximum atomic E-state index is 5.71. The average Bonchev–Trinajstić information content (AvgIpc) is 2.13. The van der Waals surface area contributed by atoms with Crippen LogP contribution in [0, 0.1) is 13.8 Å². The Morgan fingerprint density at radius 2 is 2.00 bits per heavy atom. The molecule has 0 aliphatic carbocycles. The molecule has 2 N–H and O–H groups in total. The van der Waals surface area contributed by atoms with Crippen molar-refractivity contribution in [2.45, 2.75) is 40.2 Å². The van der Waals surface area contributed by atoms with Crippen molar-refractivity contribution >= 4 is 5.82 Å². The van der Waals surface area contributed by atoms with E-state index in [0.717, 1.165) is 12.0 Å². The maximum Gasteiger partial charge on any atom is 0.222 e. The van der Waals surface area contributed by atoms with Crippen LogP contribution in [0.1, 0.15) is 31.7 Å². The monoisotopic (exact) mass is 195 g/mol. The lowest BCUT2D eigenvalue weighted by atomic mass is 10.3. The van der Waals surface area contributed by atoms with Crippen LogP contribution in [0.2, 0.25) is 0 Å². The van der Waals surface area contributed by atoms with E-state index in [1.165, 1.54) is 0 Å². The highest BCUT2D eigenvalue weighted by atomic mass is 16.5. The number of hydrogen-bond acceptors (Lipinski definition) is 4. The number of nitrogen functional groups attached to an aromatic ring is 1. The number of aromatic nitrogens is 2. The lowest BCUT2D eigenvalue weighted by Gasteiger charge is -2.14. The van der Waals surface area contributed by atoms with Crippen LogP contribution in [-0.4, -0.2) is 16.1 Å². The van der Waals surface area contributed by atoms with Crippen LogP contribution in [-0.2, 0) is 0 Å². The quantitative estimate of drug-likeness (QED) is 0.799. The molecule has 78 valence electrons. The summed E-state index contributed by atoms with van der Waals surface area (Å²) in [6.45, 7) is 7.75. The second kappa shape index (κ2) is 4.26. The molecule has 14 heavy (non-hydrogen) atoms. The SMILES string of the molecule is CCC(C)Oc1nc(C)nc(N)c1C. The largest absolute Gasteiger partial charge is 0.474 e. The molecule has 0 spiro atoms. The molecule has 1 atom stereocenters. The van der Waals surface area contributed by atoms with Gasteiger partial charge in [-0.25, -0.2) is 4.98 Å². The number of rotatable bonds is 3. The molecule has 4 heteroatoms. The Morgan fingerprint density at radius 1 is 1.36 bits per heavy atom. The zero-order valence-corrected chi connectivity index (χ0v) is 9.16. The Labute approximate surface area is 84.5 Å². The lowest BCUT2D eigenvalue weighted by molar-refractivity contribution is 0.206. The van der Waals surface area contributed by atoms with E-state index in [4.69, 9.17) is 10.5 Å². The number of aryl methyl sites for hydroxylation is 1. The third kappa shape index (κ3) is 2.34. The van der Waals surface area contributed by atoms with Gasteiger partial charge in [-0.1, -0.05) is 6.92 Å². The summed E-state index contributed by atoms with van der Waals surface area (Å²) >= 11 is 0. The molecule has 0 radical (unpaired) electrons. The van der Waals surface area contributed by atoms with Gasteiger partial charge in [-0.05, 0) is 27.2 Å². The van der Waals surface area contributed by atoms with E-state index in [9.17, 15) is 0 Å². The van der Waals surface area contributed by atoms with Crippen molar-refractivity contribution < 1.29 is 4.74 Å². The van der Waals surface area contributed by atoms with Gasteiger partial charge in [0.2, 0.25) is 5.88 Å². The first-order valence-corrected chi connectivity index (χ1v) is 4.82. The Bertz CT molecular complexity index is 325. The highest BCUT2D eigenvalue weighted by Crippen LogP contribution is 2.20. The van der Waals surface area contributed by atoms with E-state index < -0.39 is 0 Å². The predicted octanol–water partition coefficient (Wildman–Crippen LogP) is 1.85. The summed E-state index contributed by atoms with van der Waals surface area (Å²) < 4.78 is 5.62. The standard InChI is InChI=1S/C10H17N3O/c1-5-6(2)14-10-7(3)9(11)12-8(4)13-10/h6H,5H2,1-4H3,(H2,11,12,13). The molecule has 0 aliphatic heterocycles. The summed E-state index contributed by atoms with van der Waals surface area (Å²) in [4.78, 5) is 8.26. The number of nitrogens with two attached hydrogens (primary N) is 1. The minimum absolute atomic E-state index is 0.155. The van der Waals surface area contributed by atoms with Crippen molar-refractivity contribution in [1.29, 1.82) is 0 Å². The highest BCUT2D eigenvalue weighted by molar-refractivity contribution is 5.44. The fraction of sp³-hybridized carbons (Fsp3) is 0.600. The van der Waals surface area contributed by atoms with Crippen LogP contribution in [0.3, 0.4) is 0 Å². The predicted molar refractivity (Wildman–Crippen MR) is 56.3 cm³/mol. The molecule has 0 amide bonds. The van der Waals surface area contributed by atoms with Gasteiger partial charge in [0, 0.05) is 0 Å². The lowest BCUT2D eigenvalue weighted by Crippen LogP contribution is -2.13. The summed E-state index contributed by atoms with van der Waals surface area (Å²) in [5, 5.41) is 0. The molecule has 1 rings (SSSR count). The van der Waals surface area contributed by atoms with Gasteiger partial charge in [0.25, 0.3) is 0 Å². The smallest absolute Gasteiger partial charge is 0.222 e. The van der Waals surface area contributed by atoms with Crippen molar-refractivity contribution in [3.63, 3.8) is 0 Å². The normalized spacial score (nSPS) is 12.6. The molecule has 1 aromatic rings. The molecule has 0 fully saturated rings. The van der Waals surface area contributed by atoms with Crippen LogP contribution < -0.4 is 10.5 Å². The van der Waals surface area contributed by atoms with Gasteiger partial charge < -0.3 is 10.5 Å². The molecule has 0 saturated carbocycles. The second-order valence-electron chi connectivity index (χ2n) is 3.42. The first-order chi connectivity index (χ1) is 6.54. The maximum absolute atomic E-state index is 5.71. The van der Waals surface area contributed by atoms with Crippen molar-refractivity contribution in [2.24, 2.45) is 0 Å². The summed E-state index contributed by atoms with van der Waals surface area (Å²) in [7, 11) is 0. The summed E-state index contributed by atoms with van der Waals surface area (Å²) in [6, 6.07) is 0. The third-order valence-electron chi connectivity index (χ3n) is 2.14. The van der Waals surface area contributed by atoms with Crippen LogP contribution in [0.4, 0.5) is 5.82 Å².